The van der Waals surface area contributed by atoms with Crippen molar-refractivity contribution in [3.05, 3.63) is 77.7 Å². The molecule has 0 bridgehead atoms. The summed E-state index contributed by atoms with van der Waals surface area (Å²) in [7, 11) is 1.68. The number of nitrogens with zero attached hydrogens (tertiary/aromatic N) is 4. The van der Waals surface area contributed by atoms with Crippen LogP contribution in [0.1, 0.15) is 27.9 Å². The molecule has 9 heteroatoms. The van der Waals surface area contributed by atoms with E-state index in [2.05, 4.69) is 25.0 Å². The van der Waals surface area contributed by atoms with Crippen LogP contribution in [0.15, 0.2) is 66.3 Å². The van der Waals surface area contributed by atoms with Crippen molar-refractivity contribution >= 4 is 45.2 Å². The van der Waals surface area contributed by atoms with E-state index in [0.717, 1.165) is 24.0 Å². The Hall–Kier alpha value is -3.95. The minimum absolute atomic E-state index is 0.229. The Morgan fingerprint density at radius 2 is 1.85 bits per heavy atom. The van der Waals surface area contributed by atoms with Crippen LogP contribution in [0.2, 0.25) is 0 Å². The van der Waals surface area contributed by atoms with Gasteiger partial charge in [0.15, 0.2) is 11.2 Å². The molecule has 0 saturated heterocycles. The highest BCUT2D eigenvalue weighted by atomic mass is 32.1. The van der Waals surface area contributed by atoms with Crippen molar-refractivity contribution in [3.63, 3.8) is 0 Å². The maximum Gasteiger partial charge on any atom is 0.275 e. The fourth-order valence-corrected chi connectivity index (χ4v) is 3.90. The molecule has 5 rings (SSSR count). The number of benzene rings is 2. The number of imidazole rings is 1. The average molecular weight is 460 g/mol. The van der Waals surface area contributed by atoms with Crippen LogP contribution in [0.25, 0.3) is 27.3 Å². The Labute approximate surface area is 193 Å². The number of amides is 1. The molecule has 0 aliphatic heterocycles. The average Bonchev–Trinajstić information content (AvgIpc) is 3.45. The van der Waals surface area contributed by atoms with Crippen molar-refractivity contribution < 1.29 is 14.3 Å². The van der Waals surface area contributed by atoms with Crippen molar-refractivity contribution in [2.75, 3.05) is 19.0 Å². The number of carbonyl (C=O) groups is 2. The molecule has 8 nitrogen and oxygen atoms in total. The lowest BCUT2D eigenvalue weighted by atomic mass is 10.1. The van der Waals surface area contributed by atoms with E-state index in [-0.39, 0.29) is 11.6 Å². The highest BCUT2D eigenvalue weighted by Crippen LogP contribution is 2.29. The molecule has 5 aromatic rings. The van der Waals surface area contributed by atoms with Gasteiger partial charge in [-0.2, -0.15) is 0 Å². The first kappa shape index (κ1) is 22.3. The van der Waals surface area contributed by atoms with Crippen molar-refractivity contribution in [1.29, 1.82) is 0 Å². The fourth-order valence-electron chi connectivity index (χ4n) is 3.08. The van der Waals surface area contributed by atoms with Gasteiger partial charge in [-0.25, -0.2) is 9.97 Å². The number of methoxy groups -OCH3 is 1. The van der Waals surface area contributed by atoms with Gasteiger partial charge in [0.2, 0.25) is 0 Å². The molecule has 2 aromatic carbocycles. The number of carbonyl (C=O) groups excluding carboxylic acids is 2. The topological polar surface area (TPSA) is 98.5 Å². The van der Waals surface area contributed by atoms with Gasteiger partial charge in [-0.1, -0.05) is 30.3 Å². The third-order valence-electron chi connectivity index (χ3n) is 4.78. The number of hydrogen-bond acceptors (Lipinski definition) is 7. The second-order valence-electron chi connectivity index (χ2n) is 6.88. The Morgan fingerprint density at radius 1 is 1.12 bits per heavy atom. The predicted molar refractivity (Wildman–Crippen MR) is 129 cm³/mol. The SMILES string of the molecule is CCOC.O=Cc1csc2nc(-c3ccccc3NC(=O)c3cnc4ccccc4n3)cn12. The molecule has 0 aliphatic carbocycles. The van der Waals surface area contributed by atoms with E-state index in [9.17, 15) is 9.59 Å². The Bertz CT molecular complexity index is 1420. The van der Waals surface area contributed by atoms with Crippen LogP contribution in [0.5, 0.6) is 0 Å². The molecule has 3 heterocycles. The van der Waals surface area contributed by atoms with Crippen molar-refractivity contribution in [2.24, 2.45) is 0 Å². The molecule has 0 aliphatic rings. The van der Waals surface area contributed by atoms with E-state index in [4.69, 9.17) is 0 Å². The largest absolute Gasteiger partial charge is 0.385 e. The molecule has 0 radical (unpaired) electrons. The number of anilines is 1. The van der Waals surface area contributed by atoms with E-state index in [1.165, 1.54) is 17.5 Å². The predicted octanol–water partition coefficient (Wildman–Crippen LogP) is 4.72. The lowest BCUT2D eigenvalue weighted by Gasteiger charge is -2.09. The number of ether oxygens (including phenoxy) is 1. The normalized spacial score (nSPS) is 10.6. The molecule has 1 amide bonds. The van der Waals surface area contributed by atoms with Gasteiger partial charge in [-0.3, -0.25) is 19.0 Å². The molecule has 3 aromatic heterocycles. The summed E-state index contributed by atoms with van der Waals surface area (Å²) in [6.45, 7) is 2.78. The van der Waals surface area contributed by atoms with Gasteiger partial charge < -0.3 is 10.1 Å². The number of hydrogen-bond donors (Lipinski definition) is 1. The first-order chi connectivity index (χ1) is 16.1. The molecule has 1 N–H and O–H groups in total. The first-order valence-corrected chi connectivity index (χ1v) is 11.1. The van der Waals surface area contributed by atoms with E-state index in [1.807, 2.05) is 49.4 Å². The summed E-state index contributed by atoms with van der Waals surface area (Å²) >= 11 is 1.39. The van der Waals surface area contributed by atoms with Crippen LogP contribution in [-0.4, -0.2) is 45.3 Å². The molecule has 0 unspecified atom stereocenters. The van der Waals surface area contributed by atoms with Crippen LogP contribution in [0.3, 0.4) is 0 Å². The van der Waals surface area contributed by atoms with Crippen LogP contribution >= 0.6 is 11.3 Å². The van der Waals surface area contributed by atoms with Gasteiger partial charge in [0.05, 0.1) is 34.3 Å². The second kappa shape index (κ2) is 10.1. The van der Waals surface area contributed by atoms with Gasteiger partial charge in [-0.15, -0.1) is 11.3 Å². The van der Waals surface area contributed by atoms with Gasteiger partial charge in [0, 0.05) is 30.9 Å². The van der Waals surface area contributed by atoms with Crippen LogP contribution < -0.4 is 5.32 Å². The number of fused-ring (bicyclic) bond motifs is 2. The van der Waals surface area contributed by atoms with Gasteiger partial charge >= 0.3 is 0 Å². The van der Waals surface area contributed by atoms with E-state index >= 15 is 0 Å². The maximum absolute atomic E-state index is 12.8. The van der Waals surface area contributed by atoms with Gasteiger partial charge in [0.25, 0.3) is 5.91 Å². The summed E-state index contributed by atoms with van der Waals surface area (Å²) in [6.07, 6.45) is 4.04. The molecule has 0 fully saturated rings. The highest BCUT2D eigenvalue weighted by molar-refractivity contribution is 7.15. The minimum atomic E-state index is -0.356. The quantitative estimate of drug-likeness (QED) is 0.382. The number of rotatable bonds is 5. The molecular formula is C24H21N5O3S. The Balaban J connectivity index is 0.000000601. The fraction of sp³-hybridized carbons (Fsp3) is 0.125. The molecule has 33 heavy (non-hydrogen) atoms. The second-order valence-corrected chi connectivity index (χ2v) is 7.71. The summed E-state index contributed by atoms with van der Waals surface area (Å²) < 4.78 is 6.28. The lowest BCUT2D eigenvalue weighted by Crippen LogP contribution is -2.14. The number of aromatic nitrogens is 4. The lowest BCUT2D eigenvalue weighted by molar-refractivity contribution is 0.102. The van der Waals surface area contributed by atoms with Crippen LogP contribution in [-0.2, 0) is 4.74 Å². The number of aldehydes is 1. The van der Waals surface area contributed by atoms with E-state index in [0.29, 0.717) is 27.6 Å². The summed E-state index contributed by atoms with van der Waals surface area (Å²) in [5, 5.41) is 4.65. The highest BCUT2D eigenvalue weighted by Gasteiger charge is 2.15. The molecule has 0 saturated carbocycles. The van der Waals surface area contributed by atoms with Gasteiger partial charge in [0.1, 0.15) is 5.69 Å². The third-order valence-corrected chi connectivity index (χ3v) is 5.64. The molecule has 166 valence electrons. The standard InChI is InChI=1S/C21H13N5O2S.C3H8O/c27-11-13-12-29-21-25-19(10-26(13)21)14-5-1-2-6-15(14)24-20(28)18-9-22-16-7-3-4-8-17(16)23-18;1-3-4-2/h1-12H,(H,24,28);3H2,1-2H3. The smallest absolute Gasteiger partial charge is 0.275 e. The Morgan fingerprint density at radius 3 is 2.61 bits per heavy atom. The van der Waals surface area contributed by atoms with E-state index < -0.39 is 0 Å². The zero-order chi connectivity index (χ0) is 23.2. The maximum atomic E-state index is 12.8. The zero-order valence-electron chi connectivity index (χ0n) is 18.1. The number of para-hydroxylation sites is 3. The summed E-state index contributed by atoms with van der Waals surface area (Å²) in [5.41, 5.74) is 4.18. The van der Waals surface area contributed by atoms with Crippen molar-refractivity contribution in [2.45, 2.75) is 6.92 Å². The molecular weight excluding hydrogens is 438 g/mol. The van der Waals surface area contributed by atoms with Crippen molar-refractivity contribution in [3.8, 4) is 11.3 Å². The van der Waals surface area contributed by atoms with Crippen LogP contribution in [0, 0.1) is 0 Å². The molecule has 0 spiro atoms. The summed E-state index contributed by atoms with van der Waals surface area (Å²) in [5.74, 6) is -0.356. The minimum Gasteiger partial charge on any atom is -0.385 e. The Kier molecular flexibility index (Phi) is 6.82. The monoisotopic (exact) mass is 459 g/mol. The van der Waals surface area contributed by atoms with Crippen LogP contribution in [0.4, 0.5) is 5.69 Å². The zero-order valence-corrected chi connectivity index (χ0v) is 18.9. The number of thiazole rings is 1. The summed E-state index contributed by atoms with van der Waals surface area (Å²) in [4.78, 5) is 37.9. The van der Waals surface area contributed by atoms with Gasteiger partial charge in [-0.05, 0) is 25.1 Å². The van der Waals surface area contributed by atoms with Crippen molar-refractivity contribution in [1.82, 2.24) is 19.4 Å². The third kappa shape index (κ3) is 4.79. The molecule has 0 atom stereocenters. The number of nitrogens with one attached hydrogen (secondary N) is 1. The van der Waals surface area contributed by atoms with E-state index in [1.54, 1.807) is 29.2 Å². The summed E-state index contributed by atoms with van der Waals surface area (Å²) in [6, 6.07) is 14.8. The first-order valence-electron chi connectivity index (χ1n) is 10.2.